The number of hydrogen-bond acceptors (Lipinski definition) is 2. The first-order valence-electron chi connectivity index (χ1n) is 7.09. The fourth-order valence-corrected chi connectivity index (χ4v) is 3.03. The molecule has 0 aromatic heterocycles. The molecule has 0 saturated carbocycles. The van der Waals surface area contributed by atoms with Crippen LogP contribution in [-0.2, 0) is 0 Å². The number of nitrogens with one attached hydrogen (secondary N) is 1. The van der Waals surface area contributed by atoms with Crippen LogP contribution in [0.15, 0.2) is 30.3 Å². The van der Waals surface area contributed by atoms with E-state index in [-0.39, 0.29) is 11.8 Å². The predicted octanol–water partition coefficient (Wildman–Crippen LogP) is 2.83. The largest absolute Gasteiger partial charge is 0.387 e. The highest BCUT2D eigenvalue weighted by Crippen LogP contribution is 2.29. The highest BCUT2D eigenvalue weighted by Gasteiger charge is 2.28. The molecule has 0 radical (unpaired) electrons. The molecule has 0 spiro atoms. The molecule has 3 heteroatoms. The monoisotopic (exact) mass is 259 g/mol. The van der Waals surface area contributed by atoms with E-state index in [2.05, 4.69) is 30.9 Å². The number of nitrogens with two attached hydrogens (primary N) is 1. The smallest absolute Gasteiger partial charge is 0.0995 e. The van der Waals surface area contributed by atoms with Crippen LogP contribution in [0.4, 0.5) is 0 Å². The summed E-state index contributed by atoms with van der Waals surface area (Å²) in [5, 5.41) is 7.86. The van der Waals surface area contributed by atoms with Gasteiger partial charge in [-0.15, -0.1) is 0 Å². The molecule has 0 amide bonds. The van der Waals surface area contributed by atoms with Gasteiger partial charge >= 0.3 is 0 Å². The molecule has 1 aliphatic heterocycles. The minimum absolute atomic E-state index is 0.0232. The second-order valence-corrected chi connectivity index (χ2v) is 6.42. The van der Waals surface area contributed by atoms with Crippen LogP contribution in [0, 0.1) is 10.8 Å². The van der Waals surface area contributed by atoms with E-state index in [4.69, 9.17) is 11.1 Å². The van der Waals surface area contributed by atoms with Gasteiger partial charge in [-0.05, 0) is 30.4 Å². The Balaban J connectivity index is 2.08. The maximum atomic E-state index is 7.86. The van der Waals surface area contributed by atoms with E-state index in [9.17, 15) is 0 Å². The highest BCUT2D eigenvalue weighted by molar-refractivity contribution is 5.84. The predicted molar refractivity (Wildman–Crippen MR) is 80.6 cm³/mol. The third-order valence-electron chi connectivity index (χ3n) is 4.00. The molecule has 0 bridgehead atoms. The van der Waals surface area contributed by atoms with Crippen molar-refractivity contribution in [3.8, 4) is 0 Å². The summed E-state index contributed by atoms with van der Waals surface area (Å²) in [5.74, 6) is 0.296. The third-order valence-corrected chi connectivity index (χ3v) is 4.00. The lowest BCUT2D eigenvalue weighted by atomic mass is 9.83. The zero-order valence-electron chi connectivity index (χ0n) is 12.0. The molecule has 1 unspecified atom stereocenters. The summed E-state index contributed by atoms with van der Waals surface area (Å²) in [4.78, 5) is 2.46. The summed E-state index contributed by atoms with van der Waals surface area (Å²) in [5.41, 5.74) is 7.35. The molecule has 3 N–H and O–H groups in total. The van der Waals surface area contributed by atoms with Gasteiger partial charge in [0.15, 0.2) is 0 Å². The summed E-state index contributed by atoms with van der Waals surface area (Å²) in [6.45, 7) is 7.74. The fourth-order valence-electron chi connectivity index (χ4n) is 3.03. The Labute approximate surface area is 116 Å². The van der Waals surface area contributed by atoms with E-state index in [1.54, 1.807) is 0 Å². The van der Waals surface area contributed by atoms with Crippen molar-refractivity contribution in [3.63, 3.8) is 0 Å². The van der Waals surface area contributed by atoms with Crippen molar-refractivity contribution in [2.75, 3.05) is 19.6 Å². The van der Waals surface area contributed by atoms with E-state index in [1.165, 1.54) is 12.8 Å². The van der Waals surface area contributed by atoms with Crippen LogP contribution in [-0.4, -0.2) is 30.4 Å². The standard InChI is InChI=1S/C16H25N3/c1-16(2)9-6-10-19(12-16)11-14(15(17)18)13-7-4-3-5-8-13/h3-5,7-8,14H,6,9-12H2,1-2H3,(H3,17,18). The van der Waals surface area contributed by atoms with Gasteiger partial charge in [-0.1, -0.05) is 44.2 Å². The normalized spacial score (nSPS) is 20.9. The molecular weight excluding hydrogens is 234 g/mol. The van der Waals surface area contributed by atoms with Gasteiger partial charge < -0.3 is 10.6 Å². The lowest BCUT2D eigenvalue weighted by Gasteiger charge is -2.39. The summed E-state index contributed by atoms with van der Waals surface area (Å²) in [6.07, 6.45) is 2.53. The molecule has 2 rings (SSSR count). The van der Waals surface area contributed by atoms with Crippen LogP contribution in [0.5, 0.6) is 0 Å². The molecule has 3 nitrogen and oxygen atoms in total. The first kappa shape index (κ1) is 14.1. The van der Waals surface area contributed by atoms with Crippen molar-refractivity contribution < 1.29 is 0 Å². The van der Waals surface area contributed by atoms with Crippen LogP contribution in [0.2, 0.25) is 0 Å². The lowest BCUT2D eigenvalue weighted by molar-refractivity contribution is 0.116. The Hall–Kier alpha value is -1.35. The Morgan fingerprint density at radius 2 is 2.05 bits per heavy atom. The first-order valence-corrected chi connectivity index (χ1v) is 7.09. The minimum Gasteiger partial charge on any atom is -0.387 e. The molecule has 104 valence electrons. The van der Waals surface area contributed by atoms with Gasteiger partial charge in [0.25, 0.3) is 0 Å². The Morgan fingerprint density at radius 3 is 2.63 bits per heavy atom. The Kier molecular flexibility index (Phi) is 4.25. The molecule has 1 heterocycles. The van der Waals surface area contributed by atoms with Crippen LogP contribution < -0.4 is 5.73 Å². The number of amidine groups is 1. The summed E-state index contributed by atoms with van der Waals surface area (Å²) < 4.78 is 0. The molecule has 1 fully saturated rings. The van der Waals surface area contributed by atoms with Gasteiger partial charge in [0.2, 0.25) is 0 Å². The van der Waals surface area contributed by atoms with Gasteiger partial charge in [0.1, 0.15) is 0 Å². The summed E-state index contributed by atoms with van der Waals surface area (Å²) in [6, 6.07) is 10.2. The van der Waals surface area contributed by atoms with Gasteiger partial charge in [0.05, 0.1) is 11.8 Å². The first-order chi connectivity index (χ1) is 8.98. The third kappa shape index (κ3) is 3.80. The van der Waals surface area contributed by atoms with Crippen LogP contribution in [0.3, 0.4) is 0 Å². The number of hydrogen-bond donors (Lipinski definition) is 2. The average molecular weight is 259 g/mol. The van der Waals surface area contributed by atoms with Crippen molar-refractivity contribution >= 4 is 5.84 Å². The van der Waals surface area contributed by atoms with E-state index in [0.717, 1.165) is 25.2 Å². The maximum Gasteiger partial charge on any atom is 0.0995 e. The minimum atomic E-state index is 0.0232. The SMILES string of the molecule is CC1(C)CCCN(CC(C(=N)N)c2ccccc2)C1. The second kappa shape index (κ2) is 5.74. The van der Waals surface area contributed by atoms with Crippen molar-refractivity contribution in [2.24, 2.45) is 11.1 Å². The highest BCUT2D eigenvalue weighted by atomic mass is 15.1. The molecular formula is C16H25N3. The second-order valence-electron chi connectivity index (χ2n) is 6.42. The zero-order valence-corrected chi connectivity index (χ0v) is 12.0. The molecule has 1 aliphatic rings. The van der Waals surface area contributed by atoms with Crippen molar-refractivity contribution in [1.29, 1.82) is 5.41 Å². The Bertz CT molecular complexity index is 425. The van der Waals surface area contributed by atoms with Crippen LogP contribution in [0.1, 0.15) is 38.2 Å². The topological polar surface area (TPSA) is 53.1 Å². The molecule has 0 aliphatic carbocycles. The quantitative estimate of drug-likeness (QED) is 0.645. The number of likely N-dealkylation sites (tertiary alicyclic amines) is 1. The molecule has 1 aromatic carbocycles. The van der Waals surface area contributed by atoms with Crippen molar-refractivity contribution in [1.82, 2.24) is 4.90 Å². The maximum absolute atomic E-state index is 7.86. The lowest BCUT2D eigenvalue weighted by Crippen LogP contribution is -2.43. The number of benzene rings is 1. The molecule has 19 heavy (non-hydrogen) atoms. The molecule has 1 aromatic rings. The van der Waals surface area contributed by atoms with E-state index in [1.807, 2.05) is 18.2 Å². The number of rotatable bonds is 4. The summed E-state index contributed by atoms with van der Waals surface area (Å²) in [7, 11) is 0. The Morgan fingerprint density at radius 1 is 1.37 bits per heavy atom. The van der Waals surface area contributed by atoms with Gasteiger partial charge in [-0.25, -0.2) is 0 Å². The van der Waals surface area contributed by atoms with Gasteiger partial charge in [-0.2, -0.15) is 0 Å². The fraction of sp³-hybridized carbons (Fsp3) is 0.562. The van der Waals surface area contributed by atoms with E-state index >= 15 is 0 Å². The molecule has 1 saturated heterocycles. The van der Waals surface area contributed by atoms with E-state index < -0.39 is 0 Å². The van der Waals surface area contributed by atoms with Crippen LogP contribution in [0.25, 0.3) is 0 Å². The van der Waals surface area contributed by atoms with Crippen LogP contribution >= 0.6 is 0 Å². The molecule has 1 atom stereocenters. The number of nitrogens with zero attached hydrogens (tertiary/aromatic N) is 1. The van der Waals surface area contributed by atoms with Crippen molar-refractivity contribution in [3.05, 3.63) is 35.9 Å². The summed E-state index contributed by atoms with van der Waals surface area (Å²) >= 11 is 0. The van der Waals surface area contributed by atoms with Gasteiger partial charge in [-0.3, -0.25) is 5.41 Å². The zero-order chi connectivity index (χ0) is 13.9. The van der Waals surface area contributed by atoms with Gasteiger partial charge in [0, 0.05) is 13.1 Å². The van der Waals surface area contributed by atoms with Crippen molar-refractivity contribution in [2.45, 2.75) is 32.6 Å². The average Bonchev–Trinajstić information content (AvgIpc) is 2.35. The number of piperidine rings is 1. The van der Waals surface area contributed by atoms with E-state index in [0.29, 0.717) is 5.41 Å².